The molecule has 2 rings (SSSR count). The van der Waals surface area contributed by atoms with E-state index in [0.717, 1.165) is 6.08 Å². The first-order valence-electron chi connectivity index (χ1n) is 5.34. The third-order valence-electron chi connectivity index (χ3n) is 2.61. The van der Waals surface area contributed by atoms with Crippen LogP contribution in [0.1, 0.15) is 27.1 Å². The first kappa shape index (κ1) is 12.5. The zero-order chi connectivity index (χ0) is 14.0. The average molecular weight is 255 g/mol. The maximum absolute atomic E-state index is 12.0. The Kier molecular flexibility index (Phi) is 3.12. The number of benzene rings is 1. The number of amides is 2. The zero-order valence-corrected chi connectivity index (χ0v) is 9.62. The summed E-state index contributed by atoms with van der Waals surface area (Å²) in [5.41, 5.74) is 0.0830. The van der Waals surface area contributed by atoms with Gasteiger partial charge >= 0.3 is 0 Å². The molecule has 0 fully saturated rings. The molecule has 0 aromatic heterocycles. The van der Waals surface area contributed by atoms with Crippen LogP contribution in [-0.4, -0.2) is 22.7 Å². The van der Waals surface area contributed by atoms with Gasteiger partial charge in [-0.1, -0.05) is 12.1 Å². The molecule has 0 bridgehead atoms. The summed E-state index contributed by atoms with van der Waals surface area (Å²) in [6.45, 7) is 0. The van der Waals surface area contributed by atoms with E-state index in [9.17, 15) is 19.5 Å². The molecule has 0 radical (unpaired) electrons. The van der Waals surface area contributed by atoms with E-state index in [1.807, 2.05) is 0 Å². The second-order valence-corrected chi connectivity index (χ2v) is 3.77. The zero-order valence-electron chi connectivity index (χ0n) is 9.62. The van der Waals surface area contributed by atoms with Crippen LogP contribution in [0.5, 0.6) is 0 Å². The normalized spacial score (nSPS) is 14.3. The number of hydrogen-bond acceptors (Lipinski definition) is 5. The highest BCUT2D eigenvalue weighted by Crippen LogP contribution is 2.25. The lowest BCUT2D eigenvalue weighted by Crippen LogP contribution is -2.29. The summed E-state index contributed by atoms with van der Waals surface area (Å²) in [5, 5.41) is 19.3. The molecule has 6 heteroatoms. The maximum Gasteiger partial charge on any atom is 0.266 e. The lowest BCUT2D eigenvalue weighted by atomic mass is 10.1. The molecule has 6 nitrogen and oxygen atoms in total. The van der Waals surface area contributed by atoms with Crippen LogP contribution < -0.4 is 5.11 Å². The molecule has 0 spiro atoms. The smallest absolute Gasteiger partial charge is 0.266 e. The summed E-state index contributed by atoms with van der Waals surface area (Å²) in [6, 6.07) is 7.80. The van der Waals surface area contributed by atoms with Crippen LogP contribution in [0.4, 0.5) is 0 Å². The van der Waals surface area contributed by atoms with Gasteiger partial charge in [0.25, 0.3) is 11.8 Å². The molecule has 19 heavy (non-hydrogen) atoms. The Bertz CT molecular complexity index is 620. The number of rotatable bonds is 3. The van der Waals surface area contributed by atoms with Gasteiger partial charge in [-0.3, -0.25) is 9.59 Å². The van der Waals surface area contributed by atoms with Gasteiger partial charge in [-0.15, -0.1) is 0 Å². The van der Waals surface area contributed by atoms with E-state index in [1.165, 1.54) is 12.1 Å². The number of hydrogen-bond donors (Lipinski definition) is 0. The second-order valence-electron chi connectivity index (χ2n) is 3.77. The van der Waals surface area contributed by atoms with Crippen molar-refractivity contribution >= 4 is 17.8 Å². The quantitative estimate of drug-likeness (QED) is 0.551. The van der Waals surface area contributed by atoms with Gasteiger partial charge < -0.3 is 9.90 Å². The van der Waals surface area contributed by atoms with Gasteiger partial charge in [0, 0.05) is 12.4 Å². The van der Waals surface area contributed by atoms with Crippen molar-refractivity contribution in [2.75, 3.05) is 0 Å². The molecule has 0 atom stereocenters. The third-order valence-corrected chi connectivity index (χ3v) is 2.61. The lowest BCUT2D eigenvalue weighted by Gasteiger charge is -2.12. The van der Waals surface area contributed by atoms with Crippen LogP contribution >= 0.6 is 0 Å². The predicted octanol–water partition coefficient (Wildman–Crippen LogP) is -0.170. The van der Waals surface area contributed by atoms with E-state index >= 15 is 0 Å². The number of carbonyl (C=O) groups is 3. The van der Waals surface area contributed by atoms with Crippen LogP contribution in [-0.2, 0) is 4.79 Å². The monoisotopic (exact) mass is 255 g/mol. The molecular formula is C13H7N2O4-. The number of imide groups is 1. The molecule has 1 aliphatic heterocycles. The maximum atomic E-state index is 12.0. The number of fused-ring (bicyclic) bond motifs is 1. The highest BCUT2D eigenvalue weighted by Gasteiger charge is 2.37. The van der Waals surface area contributed by atoms with Crippen molar-refractivity contribution in [3.05, 3.63) is 47.2 Å². The van der Waals surface area contributed by atoms with Gasteiger partial charge in [0.05, 0.1) is 11.1 Å². The van der Waals surface area contributed by atoms with Gasteiger partial charge in [0.1, 0.15) is 11.8 Å². The van der Waals surface area contributed by atoms with Crippen molar-refractivity contribution < 1.29 is 19.5 Å². The molecule has 0 unspecified atom stereocenters. The molecule has 1 aromatic rings. The number of aliphatic carboxylic acids is 1. The summed E-state index contributed by atoms with van der Waals surface area (Å²) in [6.07, 6.45) is 0.438. The largest absolute Gasteiger partial charge is 0.550 e. The fourth-order valence-electron chi connectivity index (χ4n) is 1.77. The predicted molar refractivity (Wildman–Crippen MR) is 60.3 cm³/mol. The van der Waals surface area contributed by atoms with Crippen molar-refractivity contribution in [3.8, 4) is 6.07 Å². The van der Waals surface area contributed by atoms with E-state index in [0.29, 0.717) is 4.90 Å². The Hall–Kier alpha value is -2.94. The highest BCUT2D eigenvalue weighted by molar-refractivity contribution is 6.22. The Morgan fingerprint density at radius 1 is 1.26 bits per heavy atom. The van der Waals surface area contributed by atoms with Crippen molar-refractivity contribution in [1.82, 2.24) is 4.90 Å². The molecule has 0 aliphatic carbocycles. The fraction of sp³-hybridized carbons (Fsp3) is 0.0769. The molecule has 0 saturated heterocycles. The summed E-state index contributed by atoms with van der Waals surface area (Å²) in [7, 11) is 0. The van der Waals surface area contributed by atoms with Crippen LogP contribution in [0.2, 0.25) is 0 Å². The van der Waals surface area contributed by atoms with Gasteiger partial charge in [-0.2, -0.15) is 5.26 Å². The molecule has 1 aromatic carbocycles. The van der Waals surface area contributed by atoms with Crippen LogP contribution in [0.15, 0.2) is 36.0 Å². The SMILES string of the molecule is N#C/C(=C\CC(=O)[O-])N1C(=O)c2ccccc2C1=O. The minimum atomic E-state index is -1.40. The average Bonchev–Trinajstić information content (AvgIpc) is 2.65. The summed E-state index contributed by atoms with van der Waals surface area (Å²) in [5.74, 6) is -2.66. The highest BCUT2D eigenvalue weighted by atomic mass is 16.4. The number of nitrogens with zero attached hydrogens (tertiary/aromatic N) is 2. The molecule has 94 valence electrons. The molecule has 0 N–H and O–H groups in total. The molecule has 0 saturated carbocycles. The minimum Gasteiger partial charge on any atom is -0.550 e. The molecular weight excluding hydrogens is 248 g/mol. The molecule has 2 amide bonds. The summed E-state index contributed by atoms with van der Waals surface area (Å²) in [4.78, 5) is 35.0. The Labute approximate surface area is 108 Å². The standard InChI is InChI=1S/C13H8N2O4/c14-7-8(5-6-11(16)17)15-12(18)9-3-1-2-4-10(9)13(15)19/h1-5H,6H2,(H,16,17)/p-1/b8-5+. The first-order chi connectivity index (χ1) is 9.06. The van der Waals surface area contributed by atoms with Gasteiger partial charge in [-0.25, -0.2) is 4.90 Å². The van der Waals surface area contributed by atoms with Crippen molar-refractivity contribution in [1.29, 1.82) is 5.26 Å². The van der Waals surface area contributed by atoms with E-state index in [-0.39, 0.29) is 16.8 Å². The number of carbonyl (C=O) groups excluding carboxylic acids is 3. The van der Waals surface area contributed by atoms with Crippen molar-refractivity contribution in [2.45, 2.75) is 6.42 Å². The lowest BCUT2D eigenvalue weighted by molar-refractivity contribution is -0.304. The summed E-state index contributed by atoms with van der Waals surface area (Å²) >= 11 is 0. The van der Waals surface area contributed by atoms with Gasteiger partial charge in [-0.05, 0) is 18.2 Å². The number of carboxylic acid groups (broad SMARTS) is 1. The Morgan fingerprint density at radius 3 is 2.21 bits per heavy atom. The topological polar surface area (TPSA) is 101 Å². The number of carboxylic acids is 1. The third kappa shape index (κ3) is 2.09. The first-order valence-corrected chi connectivity index (χ1v) is 5.34. The Morgan fingerprint density at radius 2 is 1.79 bits per heavy atom. The van der Waals surface area contributed by atoms with Gasteiger partial charge in [0.2, 0.25) is 0 Å². The van der Waals surface area contributed by atoms with Crippen LogP contribution in [0.3, 0.4) is 0 Å². The minimum absolute atomic E-state index is 0.196. The Balaban J connectivity index is 2.41. The molecule has 1 heterocycles. The van der Waals surface area contributed by atoms with E-state index in [4.69, 9.17) is 5.26 Å². The summed E-state index contributed by atoms with van der Waals surface area (Å²) < 4.78 is 0. The van der Waals surface area contributed by atoms with Crippen molar-refractivity contribution in [3.63, 3.8) is 0 Å². The van der Waals surface area contributed by atoms with E-state index < -0.39 is 24.2 Å². The van der Waals surface area contributed by atoms with E-state index in [1.54, 1.807) is 18.2 Å². The molecule has 1 aliphatic rings. The van der Waals surface area contributed by atoms with Crippen molar-refractivity contribution in [2.24, 2.45) is 0 Å². The van der Waals surface area contributed by atoms with Gasteiger partial charge in [0.15, 0.2) is 0 Å². The second kappa shape index (κ2) is 4.74. The number of allylic oxidation sites excluding steroid dienone is 1. The van der Waals surface area contributed by atoms with Crippen LogP contribution in [0, 0.1) is 11.3 Å². The van der Waals surface area contributed by atoms with E-state index in [2.05, 4.69) is 0 Å². The fourth-order valence-corrected chi connectivity index (χ4v) is 1.77. The van der Waals surface area contributed by atoms with Crippen LogP contribution in [0.25, 0.3) is 0 Å². The number of nitriles is 1.